The number of nitrogens with zero attached hydrogens (tertiary/aromatic N) is 4. The van der Waals surface area contributed by atoms with Gasteiger partial charge in [0.25, 0.3) is 0 Å². The lowest BCUT2D eigenvalue weighted by atomic mass is 10.4. The third kappa shape index (κ3) is 3.24. The van der Waals surface area contributed by atoms with Crippen LogP contribution in [0.5, 0.6) is 0 Å². The van der Waals surface area contributed by atoms with E-state index in [1.165, 1.54) is 63.0 Å². The molecule has 3 heterocycles. The van der Waals surface area contributed by atoms with Crippen molar-refractivity contribution in [3.8, 4) is 0 Å². The van der Waals surface area contributed by atoms with Crippen molar-refractivity contribution >= 4 is 27.1 Å². The Balaban J connectivity index is 1.45. The molecule has 0 radical (unpaired) electrons. The molecular weight excluding hydrogens is 358 g/mol. The average Bonchev–Trinajstić information content (AvgIpc) is 3.25. The Kier molecular flexibility index (Phi) is 5.07. The molecule has 3 aliphatic rings. The van der Waals surface area contributed by atoms with Crippen molar-refractivity contribution in [2.24, 2.45) is 0 Å². The maximum Gasteiger partial charge on any atom is 0.120 e. The Morgan fingerprint density at radius 1 is 0.538 bits per heavy atom. The van der Waals surface area contributed by atoms with Crippen LogP contribution in [0, 0.1) is 0 Å². The monoisotopic (exact) mass is 384 g/mol. The predicted molar refractivity (Wildman–Crippen MR) is 112 cm³/mol. The SMILES string of the molecule is c1ccc(P(c2ccccc2)N2CCN3CCN4CCN(CC2)P34)cc1. The molecule has 0 N–H and O–H groups in total. The van der Waals surface area contributed by atoms with Crippen molar-refractivity contribution < 1.29 is 0 Å². The average molecular weight is 384 g/mol. The van der Waals surface area contributed by atoms with E-state index in [1.54, 1.807) is 0 Å². The second kappa shape index (κ2) is 7.64. The molecule has 0 spiro atoms. The fraction of sp³-hybridized carbons (Fsp3) is 0.400. The Hall–Kier alpha value is -0.860. The standard InChI is InChI=1S/C20H26N4P2/c1-3-7-19(8-4-1)25(20-9-5-2-6-10-20)21-11-13-22-15-17-24-18-16-23(14-12-21)26(22)24/h1-10H,11-18H2. The van der Waals surface area contributed by atoms with Gasteiger partial charge in [-0.3, -0.25) is 18.7 Å². The Labute approximate surface area is 159 Å². The largest absolute Gasteiger partial charge is 0.272 e. The van der Waals surface area contributed by atoms with Crippen molar-refractivity contribution in [2.45, 2.75) is 0 Å². The predicted octanol–water partition coefficient (Wildman–Crippen LogP) is 2.51. The number of benzene rings is 2. The van der Waals surface area contributed by atoms with Gasteiger partial charge in [0.2, 0.25) is 0 Å². The third-order valence-electron chi connectivity index (χ3n) is 5.51. The molecule has 0 aliphatic carbocycles. The zero-order valence-electron chi connectivity index (χ0n) is 15.1. The van der Waals surface area contributed by atoms with Crippen LogP contribution >= 0.6 is 16.4 Å². The van der Waals surface area contributed by atoms with Crippen LogP contribution in [-0.4, -0.2) is 71.0 Å². The van der Waals surface area contributed by atoms with Gasteiger partial charge >= 0.3 is 0 Å². The smallest absolute Gasteiger partial charge is 0.120 e. The van der Waals surface area contributed by atoms with Gasteiger partial charge in [-0.2, -0.15) is 0 Å². The zero-order valence-corrected chi connectivity index (χ0v) is 16.9. The van der Waals surface area contributed by atoms with Gasteiger partial charge in [0, 0.05) is 60.4 Å². The van der Waals surface area contributed by atoms with E-state index in [0.717, 1.165) is 0 Å². The first kappa shape index (κ1) is 17.3. The van der Waals surface area contributed by atoms with Crippen LogP contribution in [0.3, 0.4) is 0 Å². The molecule has 5 rings (SSSR count). The molecule has 0 unspecified atom stereocenters. The number of hydrogen-bond acceptors (Lipinski definition) is 4. The highest BCUT2D eigenvalue weighted by molar-refractivity contribution is 7.70. The van der Waals surface area contributed by atoms with Crippen molar-refractivity contribution in [1.29, 1.82) is 0 Å². The minimum Gasteiger partial charge on any atom is -0.272 e. The van der Waals surface area contributed by atoms with Crippen molar-refractivity contribution in [2.75, 3.05) is 52.4 Å². The summed E-state index contributed by atoms with van der Waals surface area (Å²) in [7, 11) is -0.594. The summed E-state index contributed by atoms with van der Waals surface area (Å²) in [5.74, 6) is 0. The maximum atomic E-state index is 2.77. The summed E-state index contributed by atoms with van der Waals surface area (Å²) in [6.07, 6.45) is 0. The molecule has 0 aromatic heterocycles. The summed E-state index contributed by atoms with van der Waals surface area (Å²) in [6.45, 7) is 9.82. The van der Waals surface area contributed by atoms with Gasteiger partial charge in [0.05, 0.1) is 0 Å². The van der Waals surface area contributed by atoms with Crippen LogP contribution in [0.2, 0.25) is 0 Å². The molecule has 0 saturated carbocycles. The summed E-state index contributed by atoms with van der Waals surface area (Å²) in [5.41, 5.74) is 0. The molecule has 2 aromatic carbocycles. The highest BCUT2D eigenvalue weighted by Gasteiger charge is 2.42. The minimum atomic E-state index is -0.453. The molecule has 136 valence electrons. The first-order chi connectivity index (χ1) is 12.9. The summed E-state index contributed by atoms with van der Waals surface area (Å²) < 4.78 is 11.0. The van der Waals surface area contributed by atoms with Crippen LogP contribution in [0.1, 0.15) is 0 Å². The van der Waals surface area contributed by atoms with E-state index in [0.29, 0.717) is 0 Å². The minimum absolute atomic E-state index is 0.141. The van der Waals surface area contributed by atoms with E-state index in [4.69, 9.17) is 0 Å². The van der Waals surface area contributed by atoms with E-state index in [-0.39, 0.29) is 8.37 Å². The van der Waals surface area contributed by atoms with Crippen molar-refractivity contribution in [1.82, 2.24) is 18.7 Å². The van der Waals surface area contributed by atoms with Gasteiger partial charge in [-0.15, -0.1) is 0 Å². The lowest BCUT2D eigenvalue weighted by Gasteiger charge is -2.40. The van der Waals surface area contributed by atoms with E-state index in [9.17, 15) is 0 Å². The highest BCUT2D eigenvalue weighted by atomic mass is 31.2. The summed E-state index contributed by atoms with van der Waals surface area (Å²) in [5, 5.41) is 2.95. The Morgan fingerprint density at radius 2 is 0.923 bits per heavy atom. The zero-order chi connectivity index (χ0) is 17.3. The summed E-state index contributed by atoms with van der Waals surface area (Å²) in [4.78, 5) is 0. The lowest BCUT2D eigenvalue weighted by molar-refractivity contribution is 0.316. The van der Waals surface area contributed by atoms with E-state index >= 15 is 0 Å². The molecule has 3 fully saturated rings. The number of hydrogen-bond donors (Lipinski definition) is 0. The topological polar surface area (TPSA) is 13.0 Å². The van der Waals surface area contributed by atoms with E-state index in [2.05, 4.69) is 79.3 Å². The molecule has 0 atom stereocenters. The highest BCUT2D eigenvalue weighted by Crippen LogP contribution is 2.55. The van der Waals surface area contributed by atoms with Gasteiger partial charge in [-0.25, -0.2) is 0 Å². The Morgan fingerprint density at radius 3 is 1.35 bits per heavy atom. The third-order valence-corrected chi connectivity index (χ3v) is 10.8. The molecule has 3 saturated heterocycles. The first-order valence-electron chi connectivity index (χ1n) is 9.60. The first-order valence-corrected chi connectivity index (χ1v) is 12.1. The van der Waals surface area contributed by atoms with Crippen molar-refractivity contribution in [3.63, 3.8) is 0 Å². The summed E-state index contributed by atoms with van der Waals surface area (Å²) >= 11 is 0. The molecule has 4 nitrogen and oxygen atoms in total. The molecule has 26 heavy (non-hydrogen) atoms. The molecular formula is C20H26N4P2. The lowest BCUT2D eigenvalue weighted by Crippen LogP contribution is -2.42. The van der Waals surface area contributed by atoms with Crippen LogP contribution < -0.4 is 10.6 Å². The van der Waals surface area contributed by atoms with Gasteiger partial charge in [-0.1, -0.05) is 60.7 Å². The van der Waals surface area contributed by atoms with E-state index < -0.39 is 8.07 Å². The molecule has 2 aromatic rings. The maximum absolute atomic E-state index is 2.77. The van der Waals surface area contributed by atoms with Crippen LogP contribution in [0.15, 0.2) is 60.7 Å². The normalized spacial score (nSPS) is 23.3. The Bertz CT molecular complexity index is 670. The van der Waals surface area contributed by atoms with Gasteiger partial charge in [0.1, 0.15) is 8.37 Å². The van der Waals surface area contributed by atoms with Crippen LogP contribution in [0.4, 0.5) is 0 Å². The fourth-order valence-corrected chi connectivity index (χ4v) is 9.38. The second-order valence-electron chi connectivity index (χ2n) is 7.07. The van der Waals surface area contributed by atoms with Crippen molar-refractivity contribution in [3.05, 3.63) is 60.7 Å². The van der Waals surface area contributed by atoms with E-state index in [1.807, 2.05) is 0 Å². The molecule has 6 heteroatoms. The van der Waals surface area contributed by atoms with Gasteiger partial charge in [-0.05, 0) is 10.6 Å². The second-order valence-corrected chi connectivity index (χ2v) is 11.5. The summed E-state index contributed by atoms with van der Waals surface area (Å²) in [6, 6.07) is 22.3. The fourth-order valence-electron chi connectivity index (χ4n) is 4.26. The quantitative estimate of drug-likeness (QED) is 0.754. The van der Waals surface area contributed by atoms with Gasteiger partial charge < -0.3 is 0 Å². The van der Waals surface area contributed by atoms with Crippen LogP contribution in [0.25, 0.3) is 0 Å². The van der Waals surface area contributed by atoms with Gasteiger partial charge in [0.15, 0.2) is 0 Å². The number of rotatable bonds is 3. The molecule has 0 amide bonds. The molecule has 0 bridgehead atoms. The molecule has 3 aliphatic heterocycles. The van der Waals surface area contributed by atoms with Crippen LogP contribution in [-0.2, 0) is 0 Å².